The molecule has 0 radical (unpaired) electrons. The SMILES string of the molecule is COc1cc(C(=O)NC(C)c2ccc(-n3ccnc3)cc2)cc2c1OCCO2. The number of nitrogens with zero attached hydrogens (tertiary/aromatic N) is 2. The second-order valence-electron chi connectivity index (χ2n) is 6.46. The molecule has 0 saturated carbocycles. The van der Waals surface area contributed by atoms with E-state index in [1.807, 2.05) is 42.0 Å². The number of imidazole rings is 1. The van der Waals surface area contributed by atoms with Gasteiger partial charge in [0.25, 0.3) is 5.91 Å². The zero-order valence-electron chi connectivity index (χ0n) is 15.7. The Bertz CT molecular complexity index is 951. The lowest BCUT2D eigenvalue weighted by atomic mass is 10.1. The Morgan fingerprint density at radius 2 is 2.00 bits per heavy atom. The van der Waals surface area contributed by atoms with Gasteiger partial charge in [0.05, 0.1) is 19.5 Å². The number of amides is 1. The molecule has 0 fully saturated rings. The van der Waals surface area contributed by atoms with Crippen LogP contribution in [-0.4, -0.2) is 35.8 Å². The van der Waals surface area contributed by atoms with Crippen LogP contribution in [0.5, 0.6) is 17.2 Å². The van der Waals surface area contributed by atoms with Crippen LogP contribution in [0, 0.1) is 0 Å². The molecule has 4 rings (SSSR count). The van der Waals surface area contributed by atoms with Crippen LogP contribution < -0.4 is 19.5 Å². The molecule has 3 aromatic rings. The third kappa shape index (κ3) is 3.51. The van der Waals surface area contributed by atoms with Gasteiger partial charge in [0, 0.05) is 23.6 Å². The number of methoxy groups -OCH3 is 1. The van der Waals surface area contributed by atoms with Crippen LogP contribution in [0.2, 0.25) is 0 Å². The normalized spacial score (nSPS) is 13.6. The van der Waals surface area contributed by atoms with Crippen LogP contribution in [0.3, 0.4) is 0 Å². The van der Waals surface area contributed by atoms with Crippen LogP contribution in [-0.2, 0) is 0 Å². The van der Waals surface area contributed by atoms with E-state index >= 15 is 0 Å². The summed E-state index contributed by atoms with van der Waals surface area (Å²) in [5.74, 6) is 1.34. The second kappa shape index (κ2) is 7.64. The van der Waals surface area contributed by atoms with Gasteiger partial charge in [-0.05, 0) is 36.8 Å². The van der Waals surface area contributed by atoms with Crippen molar-refractivity contribution < 1.29 is 19.0 Å². The molecule has 1 aliphatic heterocycles. The number of hydrogen-bond donors (Lipinski definition) is 1. The number of nitrogens with one attached hydrogen (secondary N) is 1. The molecule has 7 nitrogen and oxygen atoms in total. The summed E-state index contributed by atoms with van der Waals surface area (Å²) < 4.78 is 18.5. The fourth-order valence-electron chi connectivity index (χ4n) is 3.11. The fourth-order valence-corrected chi connectivity index (χ4v) is 3.11. The largest absolute Gasteiger partial charge is 0.493 e. The highest BCUT2D eigenvalue weighted by atomic mass is 16.6. The molecule has 28 heavy (non-hydrogen) atoms. The number of carbonyl (C=O) groups is 1. The minimum absolute atomic E-state index is 0.163. The van der Waals surface area contributed by atoms with E-state index in [-0.39, 0.29) is 11.9 Å². The zero-order chi connectivity index (χ0) is 19.5. The van der Waals surface area contributed by atoms with Gasteiger partial charge in [-0.25, -0.2) is 4.98 Å². The van der Waals surface area contributed by atoms with Crippen molar-refractivity contribution in [2.75, 3.05) is 20.3 Å². The van der Waals surface area contributed by atoms with Crippen molar-refractivity contribution >= 4 is 5.91 Å². The highest BCUT2D eigenvalue weighted by molar-refractivity contribution is 5.96. The smallest absolute Gasteiger partial charge is 0.252 e. The van der Waals surface area contributed by atoms with E-state index in [9.17, 15) is 4.79 Å². The van der Waals surface area contributed by atoms with Crippen LogP contribution in [0.25, 0.3) is 5.69 Å². The van der Waals surface area contributed by atoms with Gasteiger partial charge < -0.3 is 24.1 Å². The third-order valence-corrected chi connectivity index (χ3v) is 4.63. The highest BCUT2D eigenvalue weighted by Crippen LogP contribution is 2.40. The van der Waals surface area contributed by atoms with Gasteiger partial charge in [-0.15, -0.1) is 0 Å². The Labute approximate surface area is 162 Å². The summed E-state index contributed by atoms with van der Waals surface area (Å²) in [7, 11) is 1.54. The van der Waals surface area contributed by atoms with Gasteiger partial charge in [0.15, 0.2) is 11.5 Å². The van der Waals surface area contributed by atoms with E-state index < -0.39 is 0 Å². The first-order valence-electron chi connectivity index (χ1n) is 9.02. The number of ether oxygens (including phenoxy) is 3. The summed E-state index contributed by atoms with van der Waals surface area (Å²) in [4.78, 5) is 16.8. The Kier molecular flexibility index (Phi) is 4.89. The van der Waals surface area contributed by atoms with Crippen molar-refractivity contribution in [3.63, 3.8) is 0 Å². The summed E-state index contributed by atoms with van der Waals surface area (Å²) in [6.45, 7) is 2.85. The van der Waals surface area contributed by atoms with Gasteiger partial charge >= 0.3 is 0 Å². The van der Waals surface area contributed by atoms with Crippen molar-refractivity contribution in [2.45, 2.75) is 13.0 Å². The monoisotopic (exact) mass is 379 g/mol. The summed E-state index contributed by atoms with van der Waals surface area (Å²) in [6.07, 6.45) is 5.36. The lowest BCUT2D eigenvalue weighted by molar-refractivity contribution is 0.0938. The van der Waals surface area contributed by atoms with Gasteiger partial charge in [-0.1, -0.05) is 12.1 Å². The molecule has 0 aliphatic carbocycles. The lowest BCUT2D eigenvalue weighted by Gasteiger charge is -2.22. The maximum atomic E-state index is 12.8. The molecule has 1 N–H and O–H groups in total. The minimum Gasteiger partial charge on any atom is -0.493 e. The summed E-state index contributed by atoms with van der Waals surface area (Å²) in [6, 6.07) is 11.1. The minimum atomic E-state index is -0.207. The van der Waals surface area contributed by atoms with Crippen molar-refractivity contribution in [3.05, 3.63) is 66.2 Å². The Hall–Kier alpha value is -3.48. The van der Waals surface area contributed by atoms with E-state index in [1.54, 1.807) is 31.8 Å². The number of benzene rings is 2. The number of aromatic nitrogens is 2. The summed E-state index contributed by atoms with van der Waals surface area (Å²) in [5.41, 5.74) is 2.47. The van der Waals surface area contributed by atoms with E-state index in [0.29, 0.717) is 36.0 Å². The quantitative estimate of drug-likeness (QED) is 0.737. The fraction of sp³-hybridized carbons (Fsp3) is 0.238. The molecule has 1 amide bonds. The molecule has 0 bridgehead atoms. The number of hydrogen-bond acceptors (Lipinski definition) is 5. The van der Waals surface area contributed by atoms with Gasteiger partial charge in [-0.2, -0.15) is 0 Å². The van der Waals surface area contributed by atoms with Crippen molar-refractivity contribution in [3.8, 4) is 22.9 Å². The molecule has 1 atom stereocenters. The third-order valence-electron chi connectivity index (χ3n) is 4.63. The highest BCUT2D eigenvalue weighted by Gasteiger charge is 2.21. The Morgan fingerprint density at radius 3 is 2.71 bits per heavy atom. The predicted octanol–water partition coefficient (Wildman–Crippen LogP) is 3.14. The molecule has 0 saturated heterocycles. The molecular formula is C21H21N3O4. The van der Waals surface area contributed by atoms with Crippen LogP contribution >= 0.6 is 0 Å². The molecule has 1 unspecified atom stereocenters. The first-order valence-corrected chi connectivity index (χ1v) is 9.02. The maximum absolute atomic E-state index is 12.8. The van der Waals surface area contributed by atoms with Gasteiger partial charge in [-0.3, -0.25) is 4.79 Å². The van der Waals surface area contributed by atoms with Crippen molar-refractivity contribution in [2.24, 2.45) is 0 Å². The van der Waals surface area contributed by atoms with Crippen molar-refractivity contribution in [1.29, 1.82) is 0 Å². The summed E-state index contributed by atoms with van der Waals surface area (Å²) >= 11 is 0. The first-order chi connectivity index (χ1) is 13.7. The van der Waals surface area contributed by atoms with Gasteiger partial charge in [0.1, 0.15) is 13.2 Å². The molecule has 7 heteroatoms. The van der Waals surface area contributed by atoms with E-state index in [1.165, 1.54) is 0 Å². The topological polar surface area (TPSA) is 74.6 Å². The second-order valence-corrected chi connectivity index (χ2v) is 6.46. The number of rotatable bonds is 5. The van der Waals surface area contributed by atoms with Crippen LogP contribution in [0.1, 0.15) is 28.9 Å². The number of fused-ring (bicyclic) bond motifs is 1. The zero-order valence-corrected chi connectivity index (χ0v) is 15.7. The average molecular weight is 379 g/mol. The Morgan fingerprint density at radius 1 is 1.21 bits per heavy atom. The molecule has 1 aromatic heterocycles. The van der Waals surface area contributed by atoms with Crippen LogP contribution in [0.15, 0.2) is 55.1 Å². The number of carbonyl (C=O) groups excluding carboxylic acids is 1. The first kappa shape index (κ1) is 17.9. The summed E-state index contributed by atoms with van der Waals surface area (Å²) in [5, 5.41) is 3.01. The average Bonchev–Trinajstić information content (AvgIpc) is 3.28. The molecule has 2 aromatic carbocycles. The standard InChI is InChI=1S/C21H21N3O4/c1-14(15-3-5-17(6-4-15)24-8-7-22-13-24)23-21(25)16-11-18(26-2)20-19(12-16)27-9-10-28-20/h3-8,11-14H,9-10H2,1-2H3,(H,23,25). The maximum Gasteiger partial charge on any atom is 0.252 e. The van der Waals surface area contributed by atoms with E-state index in [2.05, 4.69) is 10.3 Å². The Balaban J connectivity index is 1.50. The molecule has 2 heterocycles. The van der Waals surface area contributed by atoms with E-state index in [4.69, 9.17) is 14.2 Å². The molecule has 0 spiro atoms. The van der Waals surface area contributed by atoms with Gasteiger partial charge in [0.2, 0.25) is 5.75 Å². The van der Waals surface area contributed by atoms with Crippen molar-refractivity contribution in [1.82, 2.24) is 14.9 Å². The molecular weight excluding hydrogens is 358 g/mol. The lowest BCUT2D eigenvalue weighted by Crippen LogP contribution is -2.27. The van der Waals surface area contributed by atoms with E-state index in [0.717, 1.165) is 11.3 Å². The predicted molar refractivity (Wildman–Crippen MR) is 103 cm³/mol. The molecule has 1 aliphatic rings. The van der Waals surface area contributed by atoms with Crippen LogP contribution in [0.4, 0.5) is 0 Å². The molecule has 144 valence electrons.